The van der Waals surface area contributed by atoms with Crippen LogP contribution in [0.15, 0.2) is 42.4 Å². The highest BCUT2D eigenvalue weighted by atomic mass is 16.2. The molecule has 0 saturated heterocycles. The molecule has 0 spiro atoms. The van der Waals surface area contributed by atoms with Crippen molar-refractivity contribution in [3.8, 4) is 0 Å². The quantitative estimate of drug-likeness (QED) is 0.287. The zero-order chi connectivity index (χ0) is 8.36. The smallest absolute Gasteiger partial charge is 0.123 e. The molecule has 0 aromatic carbocycles. The molecule has 0 bridgehead atoms. The van der Waals surface area contributed by atoms with Gasteiger partial charge in [-0.1, -0.05) is 30.0 Å². The Morgan fingerprint density at radius 3 is 2.73 bits per heavy atom. The molecule has 0 rings (SSSR count). The number of carbonyl (C=O) groups excluding carboxylic acids is 1. The van der Waals surface area contributed by atoms with E-state index in [1.54, 1.807) is 30.4 Å². The Hall–Kier alpha value is -1.53. The van der Waals surface area contributed by atoms with Gasteiger partial charge in [-0.25, -0.2) is 0 Å². The summed E-state index contributed by atoms with van der Waals surface area (Å²) in [5, 5.41) is 8.14. The Labute approximate surface area is 65.9 Å². The largest absolute Gasteiger partial charge is 0.507 e. The van der Waals surface area contributed by atoms with Crippen molar-refractivity contribution in [2.24, 2.45) is 0 Å². The van der Waals surface area contributed by atoms with Crippen LogP contribution in [0.3, 0.4) is 0 Å². The Kier molecular flexibility index (Phi) is 7.29. The van der Waals surface area contributed by atoms with Crippen LogP contribution in [-0.2, 0) is 4.79 Å². The number of rotatable bonds is 4. The van der Waals surface area contributed by atoms with Crippen molar-refractivity contribution in [3.63, 3.8) is 0 Å². The van der Waals surface area contributed by atoms with E-state index in [1.807, 2.05) is 0 Å². The molecule has 0 fully saturated rings. The maximum absolute atomic E-state index is 9.81. The van der Waals surface area contributed by atoms with Crippen molar-refractivity contribution in [3.05, 3.63) is 42.4 Å². The number of hydrogen-bond acceptors (Lipinski definition) is 2. The van der Waals surface area contributed by atoms with Gasteiger partial charge >= 0.3 is 0 Å². The summed E-state index contributed by atoms with van der Waals surface area (Å²) in [6.45, 7) is 0. The van der Waals surface area contributed by atoms with E-state index in [4.69, 9.17) is 5.11 Å². The number of aliphatic hydroxyl groups excluding tert-OH is 1. The summed E-state index contributed by atoms with van der Waals surface area (Å²) in [4.78, 5) is 9.81. The van der Waals surface area contributed by atoms with Crippen molar-refractivity contribution < 1.29 is 9.90 Å². The normalized spacial score (nSPS) is 9.82. The minimum atomic E-state index is 0.434. The van der Waals surface area contributed by atoms with Crippen molar-refractivity contribution in [1.29, 1.82) is 0 Å². The molecule has 0 aliphatic carbocycles. The van der Waals surface area contributed by atoms with Crippen LogP contribution in [0.2, 0.25) is 0 Å². The zero-order valence-electron chi connectivity index (χ0n) is 6.10. The third-order valence-electron chi connectivity index (χ3n) is 0.858. The molecular weight excluding hydrogens is 140 g/mol. The van der Waals surface area contributed by atoms with E-state index in [0.29, 0.717) is 6.42 Å². The Morgan fingerprint density at radius 1 is 1.27 bits per heavy atom. The minimum Gasteiger partial charge on any atom is -0.507 e. The zero-order valence-corrected chi connectivity index (χ0v) is 6.10. The molecule has 0 radical (unpaired) electrons. The highest BCUT2D eigenvalue weighted by Gasteiger charge is 1.66. The van der Waals surface area contributed by atoms with Crippen LogP contribution in [0.5, 0.6) is 0 Å². The number of hydrogen-bond donors (Lipinski definition) is 1. The molecule has 0 amide bonds. The summed E-state index contributed by atoms with van der Waals surface area (Å²) in [5.41, 5.74) is 2.45. The predicted molar refractivity (Wildman–Crippen MR) is 44.2 cm³/mol. The molecule has 11 heavy (non-hydrogen) atoms. The second kappa shape index (κ2) is 8.47. The predicted octanol–water partition coefficient (Wildman–Crippen LogP) is 1.91. The summed E-state index contributed by atoms with van der Waals surface area (Å²) in [5.74, 6) is 0. The first-order chi connectivity index (χ1) is 5.41. The molecule has 58 valence electrons. The molecule has 0 aromatic heterocycles. The molecule has 0 aliphatic heterocycles. The standard InChI is InChI=1S/C9H10O2/c10-8-6-4-2-1-3-5-7-9-11/h1-5,8-9,11H,6H2. The average molecular weight is 150 g/mol. The van der Waals surface area contributed by atoms with Crippen LogP contribution in [0.4, 0.5) is 0 Å². The Morgan fingerprint density at radius 2 is 2.09 bits per heavy atom. The Balaban J connectivity index is 3.59. The number of aliphatic hydroxyl groups is 1. The lowest BCUT2D eigenvalue weighted by molar-refractivity contribution is -0.107. The van der Waals surface area contributed by atoms with Crippen molar-refractivity contribution in [2.75, 3.05) is 0 Å². The molecule has 0 aliphatic rings. The van der Waals surface area contributed by atoms with E-state index < -0.39 is 0 Å². The number of carbonyl (C=O) groups is 1. The van der Waals surface area contributed by atoms with Gasteiger partial charge in [0.15, 0.2) is 0 Å². The summed E-state index contributed by atoms with van der Waals surface area (Å²) < 4.78 is 0. The van der Waals surface area contributed by atoms with Gasteiger partial charge in [0.2, 0.25) is 0 Å². The van der Waals surface area contributed by atoms with Crippen molar-refractivity contribution in [1.82, 2.24) is 0 Å². The maximum atomic E-state index is 9.81. The van der Waals surface area contributed by atoms with Crippen LogP contribution in [-0.4, -0.2) is 11.4 Å². The van der Waals surface area contributed by atoms with E-state index in [9.17, 15) is 4.79 Å². The summed E-state index contributed by atoms with van der Waals surface area (Å²) in [6.07, 6.45) is 10.6. The maximum Gasteiger partial charge on any atom is 0.123 e. The molecule has 0 atom stereocenters. The molecule has 0 saturated carbocycles. The molecule has 0 aromatic rings. The van der Waals surface area contributed by atoms with Crippen LogP contribution in [0, 0.1) is 0 Å². The fraction of sp³-hybridized carbons (Fsp3) is 0.111. The lowest BCUT2D eigenvalue weighted by Gasteiger charge is -1.71. The average Bonchev–Trinajstić information content (AvgIpc) is 2.03. The molecule has 2 heteroatoms. The lowest BCUT2D eigenvalue weighted by Crippen LogP contribution is -1.62. The molecule has 0 unspecified atom stereocenters. The monoisotopic (exact) mass is 150 g/mol. The lowest BCUT2D eigenvalue weighted by atomic mass is 10.4. The van der Waals surface area contributed by atoms with E-state index >= 15 is 0 Å². The van der Waals surface area contributed by atoms with Crippen LogP contribution in [0.25, 0.3) is 0 Å². The van der Waals surface area contributed by atoms with E-state index in [1.165, 1.54) is 0 Å². The topological polar surface area (TPSA) is 37.3 Å². The molecule has 2 nitrogen and oxygen atoms in total. The second-order valence-electron chi connectivity index (χ2n) is 1.68. The number of aldehydes is 1. The SMILES string of the molecule is O=CCC=CC=CC=C=CO. The van der Waals surface area contributed by atoms with Gasteiger partial charge in [-0.2, -0.15) is 0 Å². The van der Waals surface area contributed by atoms with E-state index in [-0.39, 0.29) is 0 Å². The summed E-state index contributed by atoms with van der Waals surface area (Å²) in [7, 11) is 0. The van der Waals surface area contributed by atoms with Gasteiger partial charge < -0.3 is 9.90 Å². The summed E-state index contributed by atoms with van der Waals surface area (Å²) >= 11 is 0. The fourth-order valence-electron chi connectivity index (χ4n) is 0.431. The molecular formula is C9H10O2. The first kappa shape index (κ1) is 9.47. The molecule has 0 heterocycles. The van der Waals surface area contributed by atoms with Gasteiger partial charge in [0, 0.05) is 6.42 Å². The first-order valence-electron chi connectivity index (χ1n) is 3.22. The third kappa shape index (κ3) is 8.47. The van der Waals surface area contributed by atoms with Gasteiger partial charge in [0.1, 0.15) is 12.5 Å². The third-order valence-corrected chi connectivity index (χ3v) is 0.858. The van der Waals surface area contributed by atoms with Crippen LogP contribution in [0.1, 0.15) is 6.42 Å². The van der Waals surface area contributed by atoms with Crippen LogP contribution >= 0.6 is 0 Å². The van der Waals surface area contributed by atoms with Gasteiger partial charge in [-0.3, -0.25) is 0 Å². The fourth-order valence-corrected chi connectivity index (χ4v) is 0.431. The highest BCUT2D eigenvalue weighted by Crippen LogP contribution is 1.80. The second-order valence-corrected chi connectivity index (χ2v) is 1.68. The van der Waals surface area contributed by atoms with Crippen LogP contribution < -0.4 is 0 Å². The van der Waals surface area contributed by atoms with Crippen molar-refractivity contribution >= 4 is 6.29 Å². The van der Waals surface area contributed by atoms with Gasteiger partial charge in [0.25, 0.3) is 0 Å². The summed E-state index contributed by atoms with van der Waals surface area (Å²) in [6, 6.07) is 0. The minimum absolute atomic E-state index is 0.434. The van der Waals surface area contributed by atoms with E-state index in [2.05, 4.69) is 5.73 Å². The first-order valence-corrected chi connectivity index (χ1v) is 3.22. The van der Waals surface area contributed by atoms with Gasteiger partial charge in [0.05, 0.1) is 0 Å². The Bertz CT molecular complexity index is 206. The van der Waals surface area contributed by atoms with E-state index in [0.717, 1.165) is 12.5 Å². The number of allylic oxidation sites excluding steroid dienone is 5. The highest BCUT2D eigenvalue weighted by molar-refractivity contribution is 5.52. The van der Waals surface area contributed by atoms with Crippen molar-refractivity contribution in [2.45, 2.75) is 6.42 Å². The molecule has 1 N–H and O–H groups in total. The van der Waals surface area contributed by atoms with Gasteiger partial charge in [-0.05, 0) is 6.08 Å². The van der Waals surface area contributed by atoms with Gasteiger partial charge in [-0.15, -0.1) is 0 Å².